The predicted molar refractivity (Wildman–Crippen MR) is 77.8 cm³/mol. The maximum absolute atomic E-state index is 12.8. The lowest BCUT2D eigenvalue weighted by Gasteiger charge is -2.40. The maximum atomic E-state index is 12.8. The van der Waals surface area contributed by atoms with E-state index in [0.29, 0.717) is 18.8 Å². The molecule has 1 aromatic rings. The third-order valence-corrected chi connectivity index (χ3v) is 4.34. The number of ether oxygens (including phenoxy) is 1. The number of carbonyl (C=O) groups excluding carboxylic acids is 2. The number of rotatable bonds is 4. The van der Waals surface area contributed by atoms with Gasteiger partial charge in [-0.3, -0.25) is 9.59 Å². The molecule has 118 valence electrons. The molecule has 22 heavy (non-hydrogen) atoms. The number of hydrogen-bond acceptors (Lipinski definition) is 3. The van der Waals surface area contributed by atoms with Crippen LogP contribution in [0.4, 0.5) is 4.39 Å². The molecule has 2 fully saturated rings. The second kappa shape index (κ2) is 5.94. The van der Waals surface area contributed by atoms with E-state index in [1.165, 1.54) is 12.1 Å². The summed E-state index contributed by atoms with van der Waals surface area (Å²) in [6.45, 7) is 3.07. The molecule has 6 heteroatoms. The minimum Gasteiger partial charge on any atom is -0.492 e. The highest BCUT2D eigenvalue weighted by Crippen LogP contribution is 2.26. The van der Waals surface area contributed by atoms with Crippen molar-refractivity contribution in [1.29, 1.82) is 0 Å². The minimum absolute atomic E-state index is 0.00676. The normalized spacial score (nSPS) is 24.6. The number of amides is 2. The Kier molecular flexibility index (Phi) is 4.00. The number of hydrogen-bond donors (Lipinski definition) is 0. The lowest BCUT2D eigenvalue weighted by atomic mass is 10.1. The fraction of sp³-hybridized carbons (Fsp3) is 0.500. The first-order valence-corrected chi connectivity index (χ1v) is 7.57. The molecule has 3 rings (SSSR count). The first-order chi connectivity index (χ1) is 10.6. The van der Waals surface area contributed by atoms with Crippen molar-refractivity contribution in [3.05, 3.63) is 30.1 Å². The Hall–Kier alpha value is -2.11. The molecule has 0 saturated carbocycles. The number of fused-ring (bicyclic) bond motifs is 1. The van der Waals surface area contributed by atoms with E-state index in [-0.39, 0.29) is 30.3 Å². The van der Waals surface area contributed by atoms with Crippen LogP contribution in [-0.2, 0) is 9.59 Å². The highest BCUT2D eigenvalue weighted by atomic mass is 19.1. The third kappa shape index (κ3) is 2.65. The second-order valence-corrected chi connectivity index (χ2v) is 5.70. The summed E-state index contributed by atoms with van der Waals surface area (Å²) < 4.78 is 18.3. The number of benzene rings is 1. The van der Waals surface area contributed by atoms with Crippen molar-refractivity contribution in [3.8, 4) is 5.75 Å². The number of carbonyl (C=O) groups is 2. The summed E-state index contributed by atoms with van der Waals surface area (Å²) in [4.78, 5) is 28.1. The molecule has 0 spiro atoms. The highest BCUT2D eigenvalue weighted by Gasteiger charge is 2.45. The molecule has 5 nitrogen and oxygen atoms in total. The number of piperazine rings is 1. The number of halogens is 1. The fourth-order valence-electron chi connectivity index (χ4n) is 3.14. The van der Waals surface area contributed by atoms with Gasteiger partial charge in [0.1, 0.15) is 30.3 Å². The van der Waals surface area contributed by atoms with Gasteiger partial charge in [-0.05, 0) is 44.0 Å². The van der Waals surface area contributed by atoms with Crippen LogP contribution in [0.3, 0.4) is 0 Å². The van der Waals surface area contributed by atoms with Gasteiger partial charge >= 0.3 is 0 Å². The molecule has 0 aromatic heterocycles. The molecule has 0 bridgehead atoms. The molecular weight excluding hydrogens is 287 g/mol. The van der Waals surface area contributed by atoms with E-state index < -0.39 is 6.04 Å². The van der Waals surface area contributed by atoms with Gasteiger partial charge in [0.25, 0.3) is 0 Å². The molecule has 0 N–H and O–H groups in total. The Morgan fingerprint density at radius 2 is 1.95 bits per heavy atom. The molecule has 2 aliphatic rings. The lowest BCUT2D eigenvalue weighted by molar-refractivity contribution is -0.158. The largest absolute Gasteiger partial charge is 0.492 e. The van der Waals surface area contributed by atoms with Gasteiger partial charge in [-0.1, -0.05) is 0 Å². The SMILES string of the molecule is C[C@H]1C(=O)N2CCC[C@@H]2C(=O)N1CCOc1ccc(F)cc1. The van der Waals surface area contributed by atoms with E-state index in [0.717, 1.165) is 12.8 Å². The molecule has 2 amide bonds. The Bertz CT molecular complexity index is 575. The van der Waals surface area contributed by atoms with Crippen molar-refractivity contribution < 1.29 is 18.7 Å². The van der Waals surface area contributed by atoms with Crippen molar-refractivity contribution >= 4 is 11.8 Å². The zero-order chi connectivity index (χ0) is 15.7. The molecule has 2 heterocycles. The highest BCUT2D eigenvalue weighted by molar-refractivity contribution is 5.97. The van der Waals surface area contributed by atoms with Crippen molar-refractivity contribution in [1.82, 2.24) is 9.80 Å². The second-order valence-electron chi connectivity index (χ2n) is 5.70. The average Bonchev–Trinajstić information content (AvgIpc) is 3.00. The first-order valence-electron chi connectivity index (χ1n) is 7.57. The van der Waals surface area contributed by atoms with Gasteiger partial charge in [-0.2, -0.15) is 0 Å². The summed E-state index contributed by atoms with van der Waals surface area (Å²) in [5.74, 6) is 0.252. The van der Waals surface area contributed by atoms with E-state index in [2.05, 4.69) is 0 Å². The topological polar surface area (TPSA) is 49.9 Å². The standard InChI is InChI=1S/C16H19FN2O3/c1-11-15(20)19-8-2-3-14(19)16(21)18(11)9-10-22-13-6-4-12(17)5-7-13/h4-7,11,14H,2-3,8-10H2,1H3/t11-,14+/m0/s1. The van der Waals surface area contributed by atoms with Crippen LogP contribution in [0.25, 0.3) is 0 Å². The predicted octanol–water partition coefficient (Wildman–Crippen LogP) is 1.43. The van der Waals surface area contributed by atoms with Gasteiger partial charge in [0.2, 0.25) is 11.8 Å². The van der Waals surface area contributed by atoms with Crippen molar-refractivity contribution in [2.75, 3.05) is 19.7 Å². The van der Waals surface area contributed by atoms with Gasteiger partial charge in [-0.15, -0.1) is 0 Å². The molecule has 1 aromatic carbocycles. The quantitative estimate of drug-likeness (QED) is 0.845. The molecule has 2 atom stereocenters. The molecule has 0 aliphatic carbocycles. The lowest BCUT2D eigenvalue weighted by Crippen LogP contribution is -2.62. The van der Waals surface area contributed by atoms with Crippen LogP contribution in [0.15, 0.2) is 24.3 Å². The summed E-state index contributed by atoms with van der Waals surface area (Å²) in [6, 6.07) is 4.99. The summed E-state index contributed by atoms with van der Waals surface area (Å²) in [5, 5.41) is 0. The van der Waals surface area contributed by atoms with Gasteiger partial charge in [0.05, 0.1) is 6.54 Å². The van der Waals surface area contributed by atoms with Crippen molar-refractivity contribution in [2.45, 2.75) is 31.8 Å². The average molecular weight is 306 g/mol. The zero-order valence-corrected chi connectivity index (χ0v) is 12.5. The van der Waals surface area contributed by atoms with E-state index in [4.69, 9.17) is 4.74 Å². The molecule has 2 aliphatic heterocycles. The molecule has 2 saturated heterocycles. The summed E-state index contributed by atoms with van der Waals surface area (Å²) in [6.07, 6.45) is 1.63. The molecular formula is C16H19FN2O3. The summed E-state index contributed by atoms with van der Waals surface area (Å²) >= 11 is 0. The smallest absolute Gasteiger partial charge is 0.246 e. The van der Waals surface area contributed by atoms with Crippen LogP contribution in [-0.4, -0.2) is 53.4 Å². The van der Waals surface area contributed by atoms with Gasteiger partial charge in [0, 0.05) is 6.54 Å². The Morgan fingerprint density at radius 1 is 1.23 bits per heavy atom. The minimum atomic E-state index is -0.446. The van der Waals surface area contributed by atoms with E-state index in [1.54, 1.807) is 28.9 Å². The Balaban J connectivity index is 1.60. The van der Waals surface area contributed by atoms with Crippen LogP contribution >= 0.6 is 0 Å². The maximum Gasteiger partial charge on any atom is 0.246 e. The number of nitrogens with zero attached hydrogens (tertiary/aromatic N) is 2. The zero-order valence-electron chi connectivity index (χ0n) is 12.5. The van der Waals surface area contributed by atoms with E-state index in [9.17, 15) is 14.0 Å². The molecule has 0 unspecified atom stereocenters. The molecule has 0 radical (unpaired) electrons. The van der Waals surface area contributed by atoms with Gasteiger partial charge < -0.3 is 14.5 Å². The van der Waals surface area contributed by atoms with Crippen LogP contribution in [0, 0.1) is 5.82 Å². The Labute approximate surface area is 128 Å². The van der Waals surface area contributed by atoms with Gasteiger partial charge in [-0.25, -0.2) is 4.39 Å². The monoisotopic (exact) mass is 306 g/mol. The van der Waals surface area contributed by atoms with Crippen molar-refractivity contribution in [2.24, 2.45) is 0 Å². The van der Waals surface area contributed by atoms with Crippen LogP contribution in [0.5, 0.6) is 5.75 Å². The van der Waals surface area contributed by atoms with Crippen LogP contribution in [0.2, 0.25) is 0 Å². The third-order valence-electron chi connectivity index (χ3n) is 4.34. The van der Waals surface area contributed by atoms with E-state index >= 15 is 0 Å². The van der Waals surface area contributed by atoms with Gasteiger partial charge in [0.15, 0.2) is 0 Å². The first kappa shape index (κ1) is 14.8. The summed E-state index contributed by atoms with van der Waals surface area (Å²) in [5.41, 5.74) is 0. The van der Waals surface area contributed by atoms with Crippen LogP contribution in [0.1, 0.15) is 19.8 Å². The fourth-order valence-corrected chi connectivity index (χ4v) is 3.14. The van der Waals surface area contributed by atoms with E-state index in [1.807, 2.05) is 0 Å². The van der Waals surface area contributed by atoms with Crippen molar-refractivity contribution in [3.63, 3.8) is 0 Å². The van der Waals surface area contributed by atoms with Crippen LogP contribution < -0.4 is 4.74 Å². The summed E-state index contributed by atoms with van der Waals surface area (Å²) in [7, 11) is 0. The Morgan fingerprint density at radius 3 is 2.68 bits per heavy atom.